The summed E-state index contributed by atoms with van der Waals surface area (Å²) in [6.07, 6.45) is 0. The van der Waals surface area contributed by atoms with Gasteiger partial charge < -0.3 is 9.88 Å². The molecule has 0 unspecified atom stereocenters. The van der Waals surface area contributed by atoms with Gasteiger partial charge in [0, 0.05) is 39.6 Å². The number of aryl methyl sites for hydroxylation is 2. The van der Waals surface area contributed by atoms with Crippen molar-refractivity contribution in [2.75, 3.05) is 10.0 Å². The number of carbonyl (C=O) groups is 1. The Kier molecular flexibility index (Phi) is 6.02. The van der Waals surface area contributed by atoms with Crippen molar-refractivity contribution >= 4 is 49.1 Å². The van der Waals surface area contributed by atoms with Crippen molar-refractivity contribution in [1.82, 2.24) is 4.57 Å². The van der Waals surface area contributed by atoms with Gasteiger partial charge in [0.2, 0.25) is 0 Å². The third-order valence-electron chi connectivity index (χ3n) is 6.50. The topological polar surface area (TPSA) is 80.2 Å². The molecule has 0 atom stereocenters. The number of benzene rings is 4. The maximum absolute atomic E-state index is 13.2. The number of amides is 1. The van der Waals surface area contributed by atoms with Gasteiger partial charge in [-0.1, -0.05) is 42.0 Å². The van der Waals surface area contributed by atoms with E-state index in [1.54, 1.807) is 49.4 Å². The summed E-state index contributed by atoms with van der Waals surface area (Å²) in [7, 11) is -3.78. The van der Waals surface area contributed by atoms with E-state index in [0.717, 1.165) is 33.9 Å². The fourth-order valence-corrected chi connectivity index (χ4v) is 5.71. The summed E-state index contributed by atoms with van der Waals surface area (Å²) in [4.78, 5) is 13.4. The summed E-state index contributed by atoms with van der Waals surface area (Å²) < 4.78 is 30.6. The van der Waals surface area contributed by atoms with Crippen LogP contribution in [0.15, 0.2) is 89.8 Å². The van der Waals surface area contributed by atoms with Crippen LogP contribution in [0, 0.1) is 13.8 Å². The van der Waals surface area contributed by atoms with Gasteiger partial charge in [-0.2, -0.15) is 0 Å². The molecule has 0 saturated carbocycles. The number of aromatic nitrogens is 1. The molecule has 182 valence electrons. The zero-order valence-electron chi connectivity index (χ0n) is 20.4. The van der Waals surface area contributed by atoms with Crippen molar-refractivity contribution < 1.29 is 13.2 Å². The molecule has 36 heavy (non-hydrogen) atoms. The number of para-hydroxylation sites is 1. The Labute approximate surface area is 210 Å². The summed E-state index contributed by atoms with van der Waals surface area (Å²) >= 11 is 0. The molecule has 1 heterocycles. The van der Waals surface area contributed by atoms with E-state index in [-0.39, 0.29) is 10.8 Å². The van der Waals surface area contributed by atoms with E-state index in [1.807, 2.05) is 37.3 Å². The maximum atomic E-state index is 13.2. The predicted octanol–water partition coefficient (Wildman–Crippen LogP) is 6.48. The van der Waals surface area contributed by atoms with E-state index in [2.05, 4.69) is 33.7 Å². The Morgan fingerprint density at radius 2 is 1.56 bits per heavy atom. The van der Waals surface area contributed by atoms with Crippen LogP contribution in [0.25, 0.3) is 21.8 Å². The molecule has 7 heteroatoms. The van der Waals surface area contributed by atoms with Crippen LogP contribution in [-0.4, -0.2) is 18.9 Å². The van der Waals surface area contributed by atoms with Gasteiger partial charge in [-0.05, 0) is 74.9 Å². The van der Waals surface area contributed by atoms with Crippen LogP contribution in [0.3, 0.4) is 0 Å². The lowest BCUT2D eigenvalue weighted by atomic mass is 10.1. The van der Waals surface area contributed by atoms with Crippen LogP contribution in [0.1, 0.15) is 28.4 Å². The second kappa shape index (κ2) is 9.17. The molecule has 2 N–H and O–H groups in total. The van der Waals surface area contributed by atoms with Crippen molar-refractivity contribution in [3.63, 3.8) is 0 Å². The zero-order chi connectivity index (χ0) is 25.4. The lowest BCUT2D eigenvalue weighted by Crippen LogP contribution is -2.17. The summed E-state index contributed by atoms with van der Waals surface area (Å²) in [5.74, 6) is -0.303. The minimum atomic E-state index is -3.78. The molecule has 0 radical (unpaired) electrons. The summed E-state index contributed by atoms with van der Waals surface area (Å²) in [5.41, 5.74) is 5.23. The van der Waals surface area contributed by atoms with Gasteiger partial charge in [0.15, 0.2) is 0 Å². The Morgan fingerprint density at radius 3 is 2.31 bits per heavy atom. The molecular formula is C29H27N3O3S. The Morgan fingerprint density at radius 1 is 0.833 bits per heavy atom. The first kappa shape index (κ1) is 23.6. The number of hydrogen-bond acceptors (Lipinski definition) is 3. The number of anilines is 2. The quantitative estimate of drug-likeness (QED) is 0.282. The summed E-state index contributed by atoms with van der Waals surface area (Å²) in [5, 5.41) is 5.19. The maximum Gasteiger partial charge on any atom is 0.261 e. The summed E-state index contributed by atoms with van der Waals surface area (Å²) in [6.45, 7) is 6.60. The van der Waals surface area contributed by atoms with Crippen LogP contribution < -0.4 is 10.0 Å². The smallest absolute Gasteiger partial charge is 0.261 e. The summed E-state index contributed by atoms with van der Waals surface area (Å²) in [6, 6.07) is 25.8. The predicted molar refractivity (Wildman–Crippen MR) is 146 cm³/mol. The molecule has 0 aliphatic rings. The SMILES string of the molecule is CCn1c2ccccc2c2cc(NC(=O)c3cccc(NS(=O)(=O)c4ccc(C)cc4)c3C)ccc21. The number of carbonyl (C=O) groups excluding carboxylic acids is 1. The highest BCUT2D eigenvalue weighted by Crippen LogP contribution is 2.31. The van der Waals surface area contributed by atoms with Gasteiger partial charge in [-0.3, -0.25) is 9.52 Å². The van der Waals surface area contributed by atoms with Crippen molar-refractivity contribution in [2.24, 2.45) is 0 Å². The van der Waals surface area contributed by atoms with Crippen LogP contribution in [0.4, 0.5) is 11.4 Å². The minimum absolute atomic E-state index is 0.168. The molecule has 0 saturated heterocycles. The van der Waals surface area contributed by atoms with Crippen LogP contribution in [-0.2, 0) is 16.6 Å². The molecule has 6 nitrogen and oxygen atoms in total. The van der Waals surface area contributed by atoms with E-state index in [9.17, 15) is 13.2 Å². The standard InChI is InChI=1S/C29H27N3O3S/c1-4-32-27-11-6-5-8-24(27)25-18-21(14-17-28(25)32)30-29(33)23-9-7-10-26(20(23)3)31-36(34,35)22-15-12-19(2)13-16-22/h5-18,31H,4H2,1-3H3,(H,30,33). The number of sulfonamides is 1. The molecule has 0 aliphatic carbocycles. The highest BCUT2D eigenvalue weighted by molar-refractivity contribution is 7.92. The lowest BCUT2D eigenvalue weighted by Gasteiger charge is -2.14. The third kappa shape index (κ3) is 4.22. The molecular weight excluding hydrogens is 470 g/mol. The average molecular weight is 498 g/mol. The zero-order valence-corrected chi connectivity index (χ0v) is 21.2. The van der Waals surface area contributed by atoms with Gasteiger partial charge in [0.05, 0.1) is 10.6 Å². The molecule has 5 rings (SSSR count). The van der Waals surface area contributed by atoms with Gasteiger partial charge in [0.1, 0.15) is 0 Å². The number of nitrogens with one attached hydrogen (secondary N) is 2. The first-order chi connectivity index (χ1) is 17.3. The third-order valence-corrected chi connectivity index (χ3v) is 7.88. The van der Waals surface area contributed by atoms with Crippen LogP contribution in [0.2, 0.25) is 0 Å². The van der Waals surface area contributed by atoms with E-state index in [0.29, 0.717) is 22.5 Å². The van der Waals surface area contributed by atoms with Gasteiger partial charge in [-0.15, -0.1) is 0 Å². The molecule has 0 bridgehead atoms. The second-order valence-corrected chi connectivity index (χ2v) is 10.5. The Hall–Kier alpha value is -4.10. The normalized spacial score (nSPS) is 11.6. The molecule has 0 aliphatic heterocycles. The van der Waals surface area contributed by atoms with Gasteiger partial charge in [0.25, 0.3) is 15.9 Å². The monoisotopic (exact) mass is 497 g/mol. The average Bonchev–Trinajstić information content (AvgIpc) is 3.18. The van der Waals surface area contributed by atoms with Crippen molar-refractivity contribution in [1.29, 1.82) is 0 Å². The molecule has 0 fully saturated rings. The van der Waals surface area contributed by atoms with E-state index < -0.39 is 10.0 Å². The van der Waals surface area contributed by atoms with E-state index in [4.69, 9.17) is 0 Å². The fourth-order valence-electron chi connectivity index (χ4n) is 4.58. The lowest BCUT2D eigenvalue weighted by molar-refractivity contribution is 0.102. The van der Waals surface area contributed by atoms with E-state index >= 15 is 0 Å². The van der Waals surface area contributed by atoms with Gasteiger partial charge >= 0.3 is 0 Å². The number of nitrogens with zero attached hydrogens (tertiary/aromatic N) is 1. The Balaban J connectivity index is 1.44. The van der Waals surface area contributed by atoms with Gasteiger partial charge in [-0.25, -0.2) is 8.42 Å². The van der Waals surface area contributed by atoms with Crippen molar-refractivity contribution in [3.05, 3.63) is 102 Å². The largest absolute Gasteiger partial charge is 0.341 e. The Bertz CT molecular complexity index is 1720. The number of rotatable bonds is 6. The van der Waals surface area contributed by atoms with Crippen molar-refractivity contribution in [3.8, 4) is 0 Å². The van der Waals surface area contributed by atoms with Crippen LogP contribution in [0.5, 0.6) is 0 Å². The fraction of sp³-hybridized carbons (Fsp3) is 0.138. The second-order valence-electron chi connectivity index (χ2n) is 8.84. The molecule has 1 amide bonds. The molecule has 5 aromatic rings. The first-order valence-corrected chi connectivity index (χ1v) is 13.3. The van der Waals surface area contributed by atoms with E-state index in [1.165, 1.54) is 0 Å². The minimum Gasteiger partial charge on any atom is -0.341 e. The number of hydrogen-bond donors (Lipinski definition) is 2. The highest BCUT2D eigenvalue weighted by Gasteiger charge is 2.18. The molecule has 1 aromatic heterocycles. The first-order valence-electron chi connectivity index (χ1n) is 11.8. The van der Waals surface area contributed by atoms with Crippen molar-refractivity contribution in [2.45, 2.75) is 32.2 Å². The number of fused-ring (bicyclic) bond motifs is 3. The molecule has 0 spiro atoms. The highest BCUT2D eigenvalue weighted by atomic mass is 32.2. The molecule has 4 aromatic carbocycles. The van der Waals surface area contributed by atoms with Crippen LogP contribution >= 0.6 is 0 Å².